The number of unbranched alkanes of at least 4 members (excludes halogenated alkanes) is 10. The fourth-order valence-corrected chi connectivity index (χ4v) is 5.75. The lowest BCUT2D eigenvalue weighted by atomic mass is 10.1. The molecule has 26 heavy (non-hydrogen) atoms. The molecule has 4 nitrogen and oxygen atoms in total. The van der Waals surface area contributed by atoms with Crippen LogP contribution in [0.25, 0.3) is 0 Å². The van der Waals surface area contributed by atoms with Crippen molar-refractivity contribution < 1.29 is 18.4 Å². The molecule has 0 amide bonds. The monoisotopic (exact) mass is 386 g/mol. The quantitative estimate of drug-likeness (QED) is 0.0887. The van der Waals surface area contributed by atoms with Crippen molar-refractivity contribution in [1.82, 2.24) is 0 Å². The molecule has 154 valence electrons. The molecule has 0 aromatic heterocycles. The van der Waals surface area contributed by atoms with Crippen LogP contribution in [0.1, 0.15) is 91.4 Å². The summed E-state index contributed by atoms with van der Waals surface area (Å²) in [5.41, 5.74) is 0. The highest BCUT2D eigenvalue weighted by atomic mass is 28.4. The van der Waals surface area contributed by atoms with E-state index < -0.39 is 20.8 Å². The predicted octanol–water partition coefficient (Wildman–Crippen LogP) is 6.50. The first kappa shape index (κ1) is 25.3. The van der Waals surface area contributed by atoms with Gasteiger partial charge in [-0.05, 0) is 26.4 Å². The lowest BCUT2D eigenvalue weighted by Crippen LogP contribution is -2.42. The molecule has 0 heterocycles. The van der Waals surface area contributed by atoms with Crippen LogP contribution in [0.15, 0.2) is 12.7 Å². The number of ether oxygens (including phenoxy) is 1. The van der Waals surface area contributed by atoms with Crippen LogP contribution in [-0.2, 0) is 18.4 Å². The Morgan fingerprint density at radius 2 is 1.46 bits per heavy atom. The molecule has 0 N–H and O–H groups in total. The van der Waals surface area contributed by atoms with Crippen LogP contribution in [0.4, 0.5) is 0 Å². The largest absolute Gasteiger partial charge is 0.434 e. The van der Waals surface area contributed by atoms with E-state index in [2.05, 4.69) is 20.0 Å². The van der Waals surface area contributed by atoms with Gasteiger partial charge in [-0.25, -0.2) is 4.79 Å². The number of hydrogen-bond acceptors (Lipinski definition) is 4. The van der Waals surface area contributed by atoms with E-state index in [0.717, 1.165) is 18.5 Å². The summed E-state index contributed by atoms with van der Waals surface area (Å²) in [6, 6.07) is 0.938. The first-order valence-corrected chi connectivity index (χ1v) is 13.1. The number of rotatable bonds is 18. The first-order chi connectivity index (χ1) is 12.5. The van der Waals surface area contributed by atoms with Gasteiger partial charge in [-0.15, -0.1) is 0 Å². The van der Waals surface area contributed by atoms with Crippen molar-refractivity contribution in [2.45, 2.75) is 110 Å². The summed E-state index contributed by atoms with van der Waals surface area (Å²) in [5, 5.41) is 0. The van der Waals surface area contributed by atoms with Crippen LogP contribution in [0, 0.1) is 0 Å². The van der Waals surface area contributed by atoms with Crippen molar-refractivity contribution in [1.29, 1.82) is 0 Å². The van der Waals surface area contributed by atoms with Gasteiger partial charge in [0.2, 0.25) is 0 Å². The zero-order chi connectivity index (χ0) is 19.7. The third-order valence-electron chi connectivity index (χ3n) is 4.55. The summed E-state index contributed by atoms with van der Waals surface area (Å²) < 4.78 is 17.0. The Morgan fingerprint density at radius 1 is 0.962 bits per heavy atom. The number of carbonyl (C=O) groups is 1. The molecule has 2 atom stereocenters. The maximum atomic E-state index is 11.3. The second-order valence-electron chi connectivity index (χ2n) is 7.18. The lowest BCUT2D eigenvalue weighted by Gasteiger charge is -2.29. The van der Waals surface area contributed by atoms with Gasteiger partial charge in [-0.1, -0.05) is 84.1 Å². The minimum absolute atomic E-state index is 0.458. The lowest BCUT2D eigenvalue weighted by molar-refractivity contribution is -0.157. The molecule has 0 aliphatic heterocycles. The van der Waals surface area contributed by atoms with Gasteiger partial charge in [0, 0.05) is 12.7 Å². The van der Waals surface area contributed by atoms with Crippen LogP contribution >= 0.6 is 0 Å². The standard InChI is InChI=1S/C21H42O4Si/c1-6-9-10-11-12-13-14-15-16-17-18-19-26(5,23-8-3)25-20(4)24-21(22)7-2/h7,20H,2,6,8-19H2,1,3-5H3. The van der Waals surface area contributed by atoms with Crippen LogP contribution in [0.2, 0.25) is 12.6 Å². The second-order valence-corrected chi connectivity index (χ2v) is 10.5. The first-order valence-electron chi connectivity index (χ1n) is 10.6. The maximum absolute atomic E-state index is 11.3. The molecule has 0 fully saturated rings. The van der Waals surface area contributed by atoms with Crippen LogP contribution < -0.4 is 0 Å². The summed E-state index contributed by atoms with van der Waals surface area (Å²) in [6.07, 6.45) is 15.2. The molecular formula is C21H42O4Si. The van der Waals surface area contributed by atoms with Gasteiger partial charge in [0.05, 0.1) is 0 Å². The Morgan fingerprint density at radius 3 is 1.92 bits per heavy atom. The summed E-state index contributed by atoms with van der Waals surface area (Å²) in [5.74, 6) is -0.458. The summed E-state index contributed by atoms with van der Waals surface area (Å²) in [7, 11) is -2.30. The van der Waals surface area contributed by atoms with Gasteiger partial charge in [0.1, 0.15) is 0 Å². The van der Waals surface area contributed by atoms with E-state index in [1.165, 1.54) is 64.2 Å². The van der Waals surface area contributed by atoms with Gasteiger partial charge < -0.3 is 13.6 Å². The Balaban J connectivity index is 3.85. The highest BCUT2D eigenvalue weighted by Crippen LogP contribution is 2.21. The highest BCUT2D eigenvalue weighted by molar-refractivity contribution is 6.66. The molecule has 2 unspecified atom stereocenters. The second kappa shape index (κ2) is 16.5. The summed E-state index contributed by atoms with van der Waals surface area (Å²) in [4.78, 5) is 11.3. The summed E-state index contributed by atoms with van der Waals surface area (Å²) in [6.45, 7) is 12.1. The van der Waals surface area contributed by atoms with Crippen molar-refractivity contribution in [2.24, 2.45) is 0 Å². The Hall–Kier alpha value is -0.653. The molecule has 0 bridgehead atoms. The van der Waals surface area contributed by atoms with Gasteiger partial charge in [0.25, 0.3) is 0 Å². The van der Waals surface area contributed by atoms with E-state index in [1.54, 1.807) is 6.92 Å². The molecule has 0 aromatic carbocycles. The average molecular weight is 387 g/mol. The molecule has 0 radical (unpaired) electrons. The molecule has 0 aromatic rings. The number of hydrogen-bond donors (Lipinski definition) is 0. The highest BCUT2D eigenvalue weighted by Gasteiger charge is 2.33. The normalized spacial score (nSPS) is 14.6. The third-order valence-corrected chi connectivity index (χ3v) is 7.54. The van der Waals surface area contributed by atoms with Crippen molar-refractivity contribution in [3.8, 4) is 0 Å². The van der Waals surface area contributed by atoms with Gasteiger partial charge >= 0.3 is 14.5 Å². The van der Waals surface area contributed by atoms with Gasteiger partial charge in [-0.2, -0.15) is 0 Å². The van der Waals surface area contributed by atoms with Gasteiger partial charge in [0.15, 0.2) is 6.29 Å². The topological polar surface area (TPSA) is 44.8 Å². The zero-order valence-corrected chi connectivity index (χ0v) is 18.7. The molecule has 0 aliphatic carbocycles. The van der Waals surface area contributed by atoms with Crippen molar-refractivity contribution in [3.63, 3.8) is 0 Å². The van der Waals surface area contributed by atoms with Gasteiger partial charge in [-0.3, -0.25) is 0 Å². The fraction of sp³-hybridized carbons (Fsp3) is 0.857. The van der Waals surface area contributed by atoms with E-state index in [4.69, 9.17) is 13.6 Å². The Bertz CT molecular complexity index is 362. The third kappa shape index (κ3) is 14.5. The van der Waals surface area contributed by atoms with Crippen LogP contribution in [-0.4, -0.2) is 27.4 Å². The summed E-state index contributed by atoms with van der Waals surface area (Å²) >= 11 is 0. The molecule has 0 saturated heterocycles. The molecule has 0 aliphatic rings. The Labute approximate surface area is 162 Å². The SMILES string of the molecule is C=CC(=O)OC(C)O[Si](C)(CCCCCCCCCCCCC)OCC. The van der Waals surface area contributed by atoms with E-state index in [9.17, 15) is 4.79 Å². The molecular weight excluding hydrogens is 344 g/mol. The molecule has 0 spiro atoms. The van der Waals surface area contributed by atoms with E-state index in [1.807, 2.05) is 6.92 Å². The van der Waals surface area contributed by atoms with Crippen molar-refractivity contribution >= 4 is 14.5 Å². The smallest absolute Gasteiger partial charge is 0.337 e. The van der Waals surface area contributed by atoms with Crippen LogP contribution in [0.5, 0.6) is 0 Å². The minimum Gasteiger partial charge on any atom is -0.434 e. The van der Waals surface area contributed by atoms with E-state index >= 15 is 0 Å². The zero-order valence-electron chi connectivity index (χ0n) is 17.7. The fourth-order valence-electron chi connectivity index (χ4n) is 3.17. The molecule has 0 saturated carbocycles. The molecule has 0 rings (SSSR count). The van der Waals surface area contributed by atoms with E-state index in [-0.39, 0.29) is 0 Å². The molecule has 5 heteroatoms. The number of esters is 1. The van der Waals surface area contributed by atoms with Crippen LogP contribution in [0.3, 0.4) is 0 Å². The predicted molar refractivity (Wildman–Crippen MR) is 111 cm³/mol. The average Bonchev–Trinajstić information content (AvgIpc) is 2.59. The Kier molecular flexibility index (Phi) is 16.1. The van der Waals surface area contributed by atoms with Crippen molar-refractivity contribution in [3.05, 3.63) is 12.7 Å². The van der Waals surface area contributed by atoms with Crippen molar-refractivity contribution in [2.75, 3.05) is 6.61 Å². The van der Waals surface area contributed by atoms with E-state index in [0.29, 0.717) is 6.61 Å². The maximum Gasteiger partial charge on any atom is 0.337 e. The number of carbonyl (C=O) groups excluding carboxylic acids is 1. The minimum atomic E-state index is -2.30.